The van der Waals surface area contributed by atoms with Crippen LogP contribution in [0, 0.1) is 18.3 Å². The van der Waals surface area contributed by atoms with Crippen LogP contribution in [0.5, 0.6) is 0 Å². The number of hydrogen-bond donors (Lipinski definition) is 2. The van der Waals surface area contributed by atoms with Crippen molar-refractivity contribution in [1.29, 1.82) is 5.26 Å². The molecule has 3 heterocycles. The lowest BCUT2D eigenvalue weighted by molar-refractivity contribution is 0.0937. The van der Waals surface area contributed by atoms with Crippen LogP contribution in [0.4, 0.5) is 0 Å². The van der Waals surface area contributed by atoms with E-state index in [1.807, 2.05) is 24.4 Å². The molecule has 35 heavy (non-hydrogen) atoms. The predicted molar refractivity (Wildman–Crippen MR) is 132 cm³/mol. The van der Waals surface area contributed by atoms with E-state index in [4.69, 9.17) is 10.2 Å². The van der Waals surface area contributed by atoms with E-state index in [1.165, 1.54) is 0 Å². The van der Waals surface area contributed by atoms with Gasteiger partial charge in [0.25, 0.3) is 5.91 Å². The average molecular weight is 462 g/mol. The first kappa shape index (κ1) is 21.1. The second kappa shape index (κ2) is 8.37. The lowest BCUT2D eigenvalue weighted by Crippen LogP contribution is -2.32. The van der Waals surface area contributed by atoms with Gasteiger partial charge < -0.3 is 10.3 Å². The van der Waals surface area contributed by atoms with Gasteiger partial charge in [0, 0.05) is 29.3 Å². The fourth-order valence-corrected chi connectivity index (χ4v) is 5.07. The molecule has 0 unspecified atom stereocenters. The van der Waals surface area contributed by atoms with Gasteiger partial charge in [-0.1, -0.05) is 24.3 Å². The van der Waals surface area contributed by atoms with Gasteiger partial charge in [-0.2, -0.15) is 5.26 Å². The molecule has 0 aliphatic heterocycles. The number of nitrogens with one attached hydrogen (secondary N) is 2. The van der Waals surface area contributed by atoms with Crippen molar-refractivity contribution in [3.05, 3.63) is 83.3 Å². The molecule has 1 aliphatic rings. The third-order valence-electron chi connectivity index (χ3n) is 6.88. The molecule has 0 spiro atoms. The van der Waals surface area contributed by atoms with Gasteiger partial charge in [0.15, 0.2) is 11.3 Å². The Labute approximate surface area is 201 Å². The summed E-state index contributed by atoms with van der Waals surface area (Å²) >= 11 is 0. The molecule has 8 heteroatoms. The Balaban J connectivity index is 1.31. The summed E-state index contributed by atoms with van der Waals surface area (Å²) < 4.78 is 2.12. The monoisotopic (exact) mass is 461 g/mol. The Morgan fingerprint density at radius 1 is 1.11 bits per heavy atom. The zero-order valence-electron chi connectivity index (χ0n) is 19.2. The molecule has 2 N–H and O–H groups in total. The van der Waals surface area contributed by atoms with Crippen molar-refractivity contribution in [3.63, 3.8) is 0 Å². The molecule has 1 saturated carbocycles. The number of carbonyl (C=O) groups is 1. The zero-order valence-corrected chi connectivity index (χ0v) is 19.2. The first-order valence-corrected chi connectivity index (χ1v) is 11.7. The molecule has 172 valence electrons. The van der Waals surface area contributed by atoms with Gasteiger partial charge in [-0.15, -0.1) is 10.2 Å². The lowest BCUT2D eigenvalue weighted by Gasteiger charge is -2.14. The third kappa shape index (κ3) is 3.62. The van der Waals surface area contributed by atoms with Crippen LogP contribution in [-0.2, 0) is 0 Å². The van der Waals surface area contributed by atoms with Crippen molar-refractivity contribution in [1.82, 2.24) is 29.9 Å². The lowest BCUT2D eigenvalue weighted by atomic mass is 10.1. The summed E-state index contributed by atoms with van der Waals surface area (Å²) in [6.45, 7) is 2.07. The standard InChI is InChI=1S/C27H23N7O/c1-16-4-2-3-5-21(16)23-26-33-32-25(34(26)22-12-13-29-24(22)31-23)19-10-11-20(14-19)30-27(35)18-8-6-17(15-28)7-9-18/h2-9,12-13,19-20,29H,10-11,14H2,1H3,(H,30,35)/t19-,20+/m1/s1. The summed E-state index contributed by atoms with van der Waals surface area (Å²) in [5, 5.41) is 21.3. The number of nitriles is 1. The molecule has 0 bridgehead atoms. The van der Waals surface area contributed by atoms with Crippen molar-refractivity contribution >= 4 is 22.7 Å². The predicted octanol–water partition coefficient (Wildman–Crippen LogP) is 4.52. The number of aromatic nitrogens is 5. The smallest absolute Gasteiger partial charge is 0.251 e. The maximum absolute atomic E-state index is 12.7. The van der Waals surface area contributed by atoms with Crippen molar-refractivity contribution in [2.24, 2.45) is 0 Å². The first-order chi connectivity index (χ1) is 17.1. The highest BCUT2D eigenvalue weighted by molar-refractivity contribution is 5.94. The molecule has 0 radical (unpaired) electrons. The number of aromatic amines is 1. The van der Waals surface area contributed by atoms with E-state index >= 15 is 0 Å². The number of hydrogen-bond acceptors (Lipinski definition) is 5. The normalized spacial score (nSPS) is 17.6. The van der Waals surface area contributed by atoms with E-state index in [9.17, 15) is 4.79 Å². The van der Waals surface area contributed by atoms with E-state index < -0.39 is 0 Å². The summed E-state index contributed by atoms with van der Waals surface area (Å²) in [6.07, 6.45) is 4.45. The van der Waals surface area contributed by atoms with Crippen LogP contribution in [0.1, 0.15) is 52.5 Å². The summed E-state index contributed by atoms with van der Waals surface area (Å²) in [4.78, 5) is 20.9. The second-order valence-corrected chi connectivity index (χ2v) is 9.07. The molecular formula is C27H23N7O. The molecule has 2 aromatic carbocycles. The highest BCUT2D eigenvalue weighted by Crippen LogP contribution is 2.36. The zero-order chi connectivity index (χ0) is 23.9. The van der Waals surface area contributed by atoms with Crippen LogP contribution in [0.15, 0.2) is 60.8 Å². The molecule has 2 atom stereocenters. The summed E-state index contributed by atoms with van der Waals surface area (Å²) in [5.74, 6) is 0.948. The van der Waals surface area contributed by atoms with E-state index in [-0.39, 0.29) is 17.9 Å². The Morgan fingerprint density at radius 2 is 1.94 bits per heavy atom. The largest absolute Gasteiger partial charge is 0.349 e. The quantitative estimate of drug-likeness (QED) is 0.409. The molecule has 6 rings (SSSR count). The summed E-state index contributed by atoms with van der Waals surface area (Å²) in [7, 11) is 0. The highest BCUT2D eigenvalue weighted by atomic mass is 16.1. The van der Waals surface area contributed by atoms with Gasteiger partial charge in [0.05, 0.1) is 17.1 Å². The molecule has 1 amide bonds. The van der Waals surface area contributed by atoms with Gasteiger partial charge in [0.2, 0.25) is 0 Å². The molecule has 3 aromatic heterocycles. The number of benzene rings is 2. The SMILES string of the molecule is Cc1ccccc1-c1nc2[nH]ccc2n2c([C@@H]3CC[C@H](NC(=O)c4ccc(C#N)cc4)C3)nnc12. The molecule has 0 saturated heterocycles. The summed E-state index contributed by atoms with van der Waals surface area (Å²) in [6, 6.07) is 19.0. The van der Waals surface area contributed by atoms with Crippen LogP contribution >= 0.6 is 0 Å². The van der Waals surface area contributed by atoms with Crippen LogP contribution in [-0.4, -0.2) is 36.5 Å². The minimum atomic E-state index is -0.120. The first-order valence-electron chi connectivity index (χ1n) is 11.7. The van der Waals surface area contributed by atoms with Gasteiger partial charge in [-0.3, -0.25) is 9.20 Å². The Kier molecular flexibility index (Phi) is 5.03. The van der Waals surface area contributed by atoms with Gasteiger partial charge >= 0.3 is 0 Å². The van der Waals surface area contributed by atoms with Crippen molar-refractivity contribution in [2.45, 2.75) is 38.1 Å². The Hall–Kier alpha value is -4.51. The van der Waals surface area contributed by atoms with E-state index in [0.717, 1.165) is 58.7 Å². The van der Waals surface area contributed by atoms with E-state index in [1.54, 1.807) is 24.3 Å². The van der Waals surface area contributed by atoms with Gasteiger partial charge in [-0.05, 0) is 62.1 Å². The van der Waals surface area contributed by atoms with Crippen molar-refractivity contribution < 1.29 is 4.79 Å². The average Bonchev–Trinajstić information content (AvgIpc) is 3.63. The Morgan fingerprint density at radius 3 is 2.74 bits per heavy atom. The number of nitrogens with zero attached hydrogens (tertiary/aromatic N) is 5. The number of rotatable bonds is 4. The highest BCUT2D eigenvalue weighted by Gasteiger charge is 2.31. The fraction of sp³-hybridized carbons (Fsp3) is 0.222. The van der Waals surface area contributed by atoms with Crippen LogP contribution in [0.2, 0.25) is 0 Å². The van der Waals surface area contributed by atoms with Crippen LogP contribution in [0.3, 0.4) is 0 Å². The topological polar surface area (TPSA) is 112 Å². The Bertz CT molecular complexity index is 1610. The second-order valence-electron chi connectivity index (χ2n) is 9.07. The molecule has 5 aromatic rings. The van der Waals surface area contributed by atoms with Crippen molar-refractivity contribution in [2.75, 3.05) is 0 Å². The minimum absolute atomic E-state index is 0.0508. The third-order valence-corrected chi connectivity index (χ3v) is 6.88. The number of fused-ring (bicyclic) bond motifs is 3. The molecular weight excluding hydrogens is 438 g/mol. The van der Waals surface area contributed by atoms with Crippen LogP contribution < -0.4 is 5.32 Å². The minimum Gasteiger partial charge on any atom is -0.349 e. The summed E-state index contributed by atoms with van der Waals surface area (Å²) in [5.41, 5.74) is 6.55. The van der Waals surface area contributed by atoms with E-state index in [0.29, 0.717) is 11.1 Å². The molecule has 1 fully saturated rings. The maximum atomic E-state index is 12.7. The molecule has 8 nitrogen and oxygen atoms in total. The fourth-order valence-electron chi connectivity index (χ4n) is 5.07. The number of amides is 1. The number of carbonyl (C=O) groups excluding carboxylic acids is 1. The van der Waals surface area contributed by atoms with Gasteiger partial charge in [0.1, 0.15) is 11.5 Å². The molecule has 1 aliphatic carbocycles. The van der Waals surface area contributed by atoms with Gasteiger partial charge in [-0.25, -0.2) is 4.98 Å². The van der Waals surface area contributed by atoms with Crippen LogP contribution in [0.25, 0.3) is 28.1 Å². The van der Waals surface area contributed by atoms with Crippen molar-refractivity contribution in [3.8, 4) is 17.3 Å². The number of aryl methyl sites for hydroxylation is 1. The van der Waals surface area contributed by atoms with E-state index in [2.05, 4.69) is 50.0 Å². The maximum Gasteiger partial charge on any atom is 0.251 e. The number of H-pyrrole nitrogens is 1.